The van der Waals surface area contributed by atoms with Crippen LogP contribution < -0.4 is 16.0 Å². The van der Waals surface area contributed by atoms with Gasteiger partial charge in [-0.15, -0.1) is 0 Å². The number of hydrazine groups is 1. The first kappa shape index (κ1) is 15.7. The highest BCUT2D eigenvalue weighted by molar-refractivity contribution is 7.89. The summed E-state index contributed by atoms with van der Waals surface area (Å²) in [7, 11) is -3.92. The number of anilines is 1. The van der Waals surface area contributed by atoms with Gasteiger partial charge in [0, 0.05) is 12.1 Å². The molecular formula is C12H18N4O4S. The van der Waals surface area contributed by atoms with Crippen molar-refractivity contribution in [2.75, 3.05) is 5.43 Å². The van der Waals surface area contributed by atoms with Crippen LogP contribution in [-0.4, -0.2) is 19.4 Å². The molecule has 1 aliphatic rings. The zero-order valence-electron chi connectivity index (χ0n) is 11.4. The third-order valence-electron chi connectivity index (χ3n) is 3.54. The lowest BCUT2D eigenvalue weighted by Gasteiger charge is -2.22. The van der Waals surface area contributed by atoms with Gasteiger partial charge in [0.2, 0.25) is 10.0 Å². The van der Waals surface area contributed by atoms with Crippen LogP contribution in [0.3, 0.4) is 0 Å². The second-order valence-corrected chi connectivity index (χ2v) is 6.72. The predicted octanol–water partition coefficient (Wildman–Crippen LogP) is 1.49. The molecule has 0 radical (unpaired) electrons. The van der Waals surface area contributed by atoms with Crippen LogP contribution in [-0.2, 0) is 10.0 Å². The lowest BCUT2D eigenvalue weighted by atomic mass is 9.96. The maximum atomic E-state index is 12.4. The van der Waals surface area contributed by atoms with E-state index in [2.05, 4.69) is 10.1 Å². The molecule has 9 heteroatoms. The SMILES string of the molecule is NNc1ccc(S(=O)(=O)NC2CCCCC2)c([N+](=O)[O-])c1. The summed E-state index contributed by atoms with van der Waals surface area (Å²) < 4.78 is 27.3. The zero-order chi connectivity index (χ0) is 15.5. The highest BCUT2D eigenvalue weighted by Crippen LogP contribution is 2.28. The lowest BCUT2D eigenvalue weighted by molar-refractivity contribution is -0.387. The number of nitrogens with two attached hydrogens (primary N) is 1. The molecule has 8 nitrogen and oxygen atoms in total. The summed E-state index contributed by atoms with van der Waals surface area (Å²) in [6.07, 6.45) is 4.54. The van der Waals surface area contributed by atoms with Gasteiger partial charge < -0.3 is 5.43 Å². The molecule has 0 bridgehead atoms. The fourth-order valence-corrected chi connectivity index (χ4v) is 3.94. The topological polar surface area (TPSA) is 127 Å². The van der Waals surface area contributed by atoms with Crippen LogP contribution in [0, 0.1) is 10.1 Å². The average Bonchev–Trinajstić information content (AvgIpc) is 2.47. The summed E-state index contributed by atoms with van der Waals surface area (Å²) in [5, 5.41) is 11.1. The van der Waals surface area contributed by atoms with Gasteiger partial charge in [0.15, 0.2) is 4.90 Å². The Morgan fingerprint density at radius 3 is 2.48 bits per heavy atom. The van der Waals surface area contributed by atoms with Crippen LogP contribution in [0.1, 0.15) is 32.1 Å². The summed E-state index contributed by atoms with van der Waals surface area (Å²) in [6, 6.07) is 3.53. The first-order valence-electron chi connectivity index (χ1n) is 6.71. The van der Waals surface area contributed by atoms with E-state index in [9.17, 15) is 18.5 Å². The molecule has 1 saturated carbocycles. The Kier molecular flexibility index (Phi) is 4.76. The molecule has 0 heterocycles. The van der Waals surface area contributed by atoms with E-state index in [-0.39, 0.29) is 16.6 Å². The molecule has 1 aromatic carbocycles. The van der Waals surface area contributed by atoms with Crippen molar-refractivity contribution in [3.05, 3.63) is 28.3 Å². The molecule has 0 unspecified atom stereocenters. The van der Waals surface area contributed by atoms with Crippen LogP contribution in [0.5, 0.6) is 0 Å². The van der Waals surface area contributed by atoms with E-state index in [4.69, 9.17) is 5.84 Å². The Balaban J connectivity index is 2.32. The van der Waals surface area contributed by atoms with Gasteiger partial charge in [-0.25, -0.2) is 13.1 Å². The molecule has 21 heavy (non-hydrogen) atoms. The van der Waals surface area contributed by atoms with Crippen molar-refractivity contribution in [1.29, 1.82) is 0 Å². The Labute approximate surface area is 122 Å². The Hall–Kier alpha value is -1.71. The fourth-order valence-electron chi connectivity index (χ4n) is 2.48. The molecule has 1 aliphatic carbocycles. The van der Waals surface area contributed by atoms with Crippen molar-refractivity contribution >= 4 is 21.4 Å². The number of nitrogen functional groups attached to an aromatic ring is 1. The van der Waals surface area contributed by atoms with Crippen LogP contribution in [0.15, 0.2) is 23.1 Å². The highest BCUT2D eigenvalue weighted by Gasteiger charge is 2.29. The number of hydrogen-bond donors (Lipinski definition) is 3. The van der Waals surface area contributed by atoms with Crippen LogP contribution in [0.2, 0.25) is 0 Å². The molecular weight excluding hydrogens is 296 g/mol. The summed E-state index contributed by atoms with van der Waals surface area (Å²) in [5.74, 6) is 5.19. The first-order valence-corrected chi connectivity index (χ1v) is 8.20. The van der Waals surface area contributed by atoms with E-state index >= 15 is 0 Å². The number of hydrogen-bond acceptors (Lipinski definition) is 6. The smallest absolute Gasteiger partial charge is 0.291 e. The normalized spacial score (nSPS) is 16.6. The third kappa shape index (κ3) is 3.69. The van der Waals surface area contributed by atoms with E-state index in [1.54, 1.807) is 0 Å². The third-order valence-corrected chi connectivity index (χ3v) is 5.11. The molecule has 0 saturated heterocycles. The zero-order valence-corrected chi connectivity index (χ0v) is 12.2. The number of sulfonamides is 1. The minimum Gasteiger partial charge on any atom is -0.324 e. The van der Waals surface area contributed by atoms with E-state index < -0.39 is 20.6 Å². The van der Waals surface area contributed by atoms with Gasteiger partial charge in [-0.3, -0.25) is 16.0 Å². The predicted molar refractivity (Wildman–Crippen MR) is 78.1 cm³/mol. The number of benzene rings is 1. The van der Waals surface area contributed by atoms with Crippen LogP contribution >= 0.6 is 0 Å². The number of rotatable bonds is 5. The van der Waals surface area contributed by atoms with Crippen LogP contribution in [0.4, 0.5) is 11.4 Å². The Morgan fingerprint density at radius 2 is 1.90 bits per heavy atom. The number of nitrogens with zero attached hydrogens (tertiary/aromatic N) is 1. The molecule has 116 valence electrons. The van der Waals surface area contributed by atoms with Crippen molar-refractivity contribution in [3.63, 3.8) is 0 Å². The van der Waals surface area contributed by atoms with Crippen molar-refractivity contribution < 1.29 is 13.3 Å². The van der Waals surface area contributed by atoms with Gasteiger partial charge in [0.25, 0.3) is 5.69 Å². The average molecular weight is 314 g/mol. The van der Waals surface area contributed by atoms with E-state index in [1.165, 1.54) is 12.1 Å². The molecule has 0 atom stereocenters. The van der Waals surface area contributed by atoms with Crippen molar-refractivity contribution in [1.82, 2.24) is 4.72 Å². The maximum Gasteiger partial charge on any atom is 0.291 e. The molecule has 1 aromatic rings. The quantitative estimate of drug-likeness (QED) is 0.429. The molecule has 0 amide bonds. The van der Waals surface area contributed by atoms with Gasteiger partial charge in [0.1, 0.15) is 0 Å². The standard InChI is InChI=1S/C12H18N4O4S/c13-14-10-6-7-12(11(8-10)16(17)18)21(19,20)15-9-4-2-1-3-5-9/h6-9,14-15H,1-5,13H2. The number of nitro benzene ring substituents is 1. The van der Waals surface area contributed by atoms with Crippen molar-refractivity contribution in [2.24, 2.45) is 5.84 Å². The van der Waals surface area contributed by atoms with Crippen molar-refractivity contribution in [3.8, 4) is 0 Å². The van der Waals surface area contributed by atoms with E-state index in [1.807, 2.05) is 0 Å². The van der Waals surface area contributed by atoms with Gasteiger partial charge in [-0.1, -0.05) is 19.3 Å². The van der Waals surface area contributed by atoms with Crippen LogP contribution in [0.25, 0.3) is 0 Å². The van der Waals surface area contributed by atoms with E-state index in [0.717, 1.165) is 38.2 Å². The molecule has 2 rings (SSSR count). The summed E-state index contributed by atoms with van der Waals surface area (Å²) in [5.41, 5.74) is 2.05. The lowest BCUT2D eigenvalue weighted by Crippen LogP contribution is -2.36. The largest absolute Gasteiger partial charge is 0.324 e. The molecule has 0 aliphatic heterocycles. The van der Waals surface area contributed by atoms with Gasteiger partial charge in [-0.2, -0.15) is 0 Å². The second kappa shape index (κ2) is 6.37. The van der Waals surface area contributed by atoms with E-state index in [0.29, 0.717) is 0 Å². The molecule has 0 aromatic heterocycles. The van der Waals surface area contributed by atoms with Gasteiger partial charge in [0.05, 0.1) is 10.6 Å². The Bertz CT molecular complexity index is 626. The van der Waals surface area contributed by atoms with Crippen molar-refractivity contribution in [2.45, 2.75) is 43.0 Å². The number of nitro groups is 1. The molecule has 1 fully saturated rings. The fraction of sp³-hybridized carbons (Fsp3) is 0.500. The highest BCUT2D eigenvalue weighted by atomic mass is 32.2. The molecule has 0 spiro atoms. The maximum absolute atomic E-state index is 12.4. The monoisotopic (exact) mass is 314 g/mol. The van der Waals surface area contributed by atoms with Gasteiger partial charge in [-0.05, 0) is 25.0 Å². The minimum atomic E-state index is -3.92. The second-order valence-electron chi connectivity index (χ2n) is 5.04. The minimum absolute atomic E-state index is 0.157. The first-order chi connectivity index (χ1) is 9.94. The molecule has 4 N–H and O–H groups in total. The number of nitrogens with one attached hydrogen (secondary N) is 2. The Morgan fingerprint density at radius 1 is 1.24 bits per heavy atom. The summed E-state index contributed by atoms with van der Waals surface area (Å²) in [4.78, 5) is 10.0. The summed E-state index contributed by atoms with van der Waals surface area (Å²) in [6.45, 7) is 0. The van der Waals surface area contributed by atoms with Gasteiger partial charge >= 0.3 is 0 Å². The summed E-state index contributed by atoms with van der Waals surface area (Å²) >= 11 is 0.